The SMILES string of the molecule is CC(=O)Oc1cccc(C(=O)NCCCNC(=O)C(C)Oc2ccccc2C(C)C)c1. The molecule has 2 aromatic carbocycles. The molecule has 166 valence electrons. The number of ether oxygens (including phenoxy) is 2. The first-order valence-corrected chi connectivity index (χ1v) is 10.4. The van der Waals surface area contributed by atoms with E-state index in [0.717, 1.165) is 5.56 Å². The minimum atomic E-state index is -0.626. The molecule has 0 fully saturated rings. The highest BCUT2D eigenvalue weighted by molar-refractivity contribution is 5.94. The summed E-state index contributed by atoms with van der Waals surface area (Å²) in [5, 5.41) is 5.60. The van der Waals surface area contributed by atoms with Gasteiger partial charge in [0.1, 0.15) is 11.5 Å². The quantitative estimate of drug-likeness (QED) is 0.345. The van der Waals surface area contributed by atoms with Crippen molar-refractivity contribution in [2.75, 3.05) is 13.1 Å². The van der Waals surface area contributed by atoms with Crippen molar-refractivity contribution in [1.29, 1.82) is 0 Å². The van der Waals surface area contributed by atoms with Gasteiger partial charge in [-0.3, -0.25) is 14.4 Å². The zero-order valence-electron chi connectivity index (χ0n) is 18.4. The lowest BCUT2D eigenvalue weighted by atomic mass is 10.0. The van der Waals surface area contributed by atoms with Gasteiger partial charge in [-0.25, -0.2) is 0 Å². The van der Waals surface area contributed by atoms with E-state index in [0.29, 0.717) is 42.5 Å². The minimum Gasteiger partial charge on any atom is -0.481 e. The molecule has 31 heavy (non-hydrogen) atoms. The summed E-state index contributed by atoms with van der Waals surface area (Å²) in [5.74, 6) is 0.397. The van der Waals surface area contributed by atoms with Gasteiger partial charge in [0, 0.05) is 25.6 Å². The van der Waals surface area contributed by atoms with Crippen LogP contribution < -0.4 is 20.1 Å². The Morgan fingerprint density at radius 3 is 2.35 bits per heavy atom. The van der Waals surface area contributed by atoms with E-state index in [4.69, 9.17) is 9.47 Å². The molecular formula is C24H30N2O5. The fourth-order valence-electron chi connectivity index (χ4n) is 2.92. The first-order valence-electron chi connectivity index (χ1n) is 10.4. The standard InChI is InChI=1S/C24H30N2O5/c1-16(2)21-11-5-6-12-22(21)30-17(3)23(28)25-13-8-14-26-24(29)19-9-7-10-20(15-19)31-18(4)27/h5-7,9-12,15-17H,8,13-14H2,1-4H3,(H,25,28)(H,26,29). The summed E-state index contributed by atoms with van der Waals surface area (Å²) >= 11 is 0. The molecule has 7 heteroatoms. The summed E-state index contributed by atoms with van der Waals surface area (Å²) in [7, 11) is 0. The van der Waals surface area contributed by atoms with Crippen LogP contribution in [0.5, 0.6) is 11.5 Å². The van der Waals surface area contributed by atoms with Crippen molar-refractivity contribution in [3.05, 3.63) is 59.7 Å². The fourth-order valence-corrected chi connectivity index (χ4v) is 2.92. The third-order valence-electron chi connectivity index (χ3n) is 4.51. The summed E-state index contributed by atoms with van der Waals surface area (Å²) in [6, 6.07) is 14.1. The average Bonchev–Trinajstić information content (AvgIpc) is 2.73. The van der Waals surface area contributed by atoms with Crippen LogP contribution in [0, 0.1) is 0 Å². The lowest BCUT2D eigenvalue weighted by Crippen LogP contribution is -2.38. The molecule has 2 N–H and O–H groups in total. The van der Waals surface area contributed by atoms with Gasteiger partial charge < -0.3 is 20.1 Å². The number of carbonyl (C=O) groups is 3. The summed E-state index contributed by atoms with van der Waals surface area (Å²) in [6.07, 6.45) is -0.0605. The molecule has 0 aromatic heterocycles. The zero-order valence-corrected chi connectivity index (χ0v) is 18.4. The van der Waals surface area contributed by atoms with Crippen molar-refractivity contribution in [2.45, 2.75) is 46.1 Å². The van der Waals surface area contributed by atoms with Crippen molar-refractivity contribution in [2.24, 2.45) is 0 Å². The number of para-hydroxylation sites is 1. The van der Waals surface area contributed by atoms with E-state index in [2.05, 4.69) is 24.5 Å². The molecule has 1 atom stereocenters. The molecule has 2 aromatic rings. The van der Waals surface area contributed by atoms with Crippen LogP contribution in [0.25, 0.3) is 0 Å². The topological polar surface area (TPSA) is 93.7 Å². The summed E-state index contributed by atoms with van der Waals surface area (Å²) in [4.78, 5) is 35.6. The maximum absolute atomic E-state index is 12.3. The second-order valence-corrected chi connectivity index (χ2v) is 7.47. The largest absolute Gasteiger partial charge is 0.481 e. The van der Waals surface area contributed by atoms with E-state index >= 15 is 0 Å². The van der Waals surface area contributed by atoms with Crippen LogP contribution in [0.4, 0.5) is 0 Å². The van der Waals surface area contributed by atoms with Gasteiger partial charge in [0.25, 0.3) is 11.8 Å². The van der Waals surface area contributed by atoms with E-state index in [9.17, 15) is 14.4 Å². The molecule has 0 spiro atoms. The number of hydrogen-bond donors (Lipinski definition) is 2. The summed E-state index contributed by atoms with van der Waals surface area (Å²) < 4.78 is 10.8. The molecule has 0 saturated carbocycles. The molecule has 2 rings (SSSR count). The van der Waals surface area contributed by atoms with E-state index in [-0.39, 0.29) is 11.8 Å². The van der Waals surface area contributed by atoms with Gasteiger partial charge in [0.15, 0.2) is 6.10 Å². The molecular weight excluding hydrogens is 396 g/mol. The number of benzene rings is 2. The lowest BCUT2D eigenvalue weighted by Gasteiger charge is -2.18. The number of carbonyl (C=O) groups excluding carboxylic acids is 3. The molecule has 0 aliphatic heterocycles. The third kappa shape index (κ3) is 7.77. The Morgan fingerprint density at radius 2 is 1.65 bits per heavy atom. The summed E-state index contributed by atoms with van der Waals surface area (Å²) in [6.45, 7) is 7.97. The maximum atomic E-state index is 12.3. The predicted octanol–water partition coefficient (Wildman–Crippen LogP) is 3.44. The Morgan fingerprint density at radius 1 is 0.935 bits per heavy atom. The van der Waals surface area contributed by atoms with Crippen LogP contribution in [0.15, 0.2) is 48.5 Å². The molecule has 1 unspecified atom stereocenters. The van der Waals surface area contributed by atoms with Crippen LogP contribution in [-0.4, -0.2) is 37.0 Å². The maximum Gasteiger partial charge on any atom is 0.308 e. The second kappa shape index (κ2) is 11.7. The second-order valence-electron chi connectivity index (χ2n) is 7.47. The van der Waals surface area contributed by atoms with E-state index in [1.807, 2.05) is 24.3 Å². The monoisotopic (exact) mass is 426 g/mol. The van der Waals surface area contributed by atoms with Gasteiger partial charge in [0.05, 0.1) is 0 Å². The van der Waals surface area contributed by atoms with E-state index < -0.39 is 12.1 Å². The van der Waals surface area contributed by atoms with Crippen molar-refractivity contribution in [1.82, 2.24) is 10.6 Å². The highest BCUT2D eigenvalue weighted by Gasteiger charge is 2.16. The van der Waals surface area contributed by atoms with E-state index in [1.165, 1.54) is 13.0 Å². The van der Waals surface area contributed by atoms with Gasteiger partial charge in [-0.15, -0.1) is 0 Å². The van der Waals surface area contributed by atoms with Crippen LogP contribution in [0.2, 0.25) is 0 Å². The minimum absolute atomic E-state index is 0.209. The smallest absolute Gasteiger partial charge is 0.308 e. The molecule has 0 aliphatic rings. The van der Waals surface area contributed by atoms with Gasteiger partial charge in [0.2, 0.25) is 0 Å². The molecule has 0 aliphatic carbocycles. The molecule has 7 nitrogen and oxygen atoms in total. The third-order valence-corrected chi connectivity index (χ3v) is 4.51. The highest BCUT2D eigenvalue weighted by atomic mass is 16.5. The van der Waals surface area contributed by atoms with Crippen LogP contribution in [0.1, 0.15) is 56.0 Å². The Hall–Kier alpha value is -3.35. The Labute approximate surface area is 183 Å². The lowest BCUT2D eigenvalue weighted by molar-refractivity contribution is -0.132. The van der Waals surface area contributed by atoms with Gasteiger partial charge in [-0.2, -0.15) is 0 Å². The van der Waals surface area contributed by atoms with Crippen molar-refractivity contribution in [3.8, 4) is 11.5 Å². The molecule has 2 amide bonds. The first kappa shape index (κ1) is 23.9. The number of rotatable bonds is 10. The van der Waals surface area contributed by atoms with Crippen molar-refractivity contribution >= 4 is 17.8 Å². The molecule has 0 saturated heterocycles. The Kier molecular flexibility index (Phi) is 9.06. The average molecular weight is 427 g/mol. The predicted molar refractivity (Wildman–Crippen MR) is 118 cm³/mol. The van der Waals surface area contributed by atoms with Gasteiger partial charge in [-0.1, -0.05) is 38.1 Å². The van der Waals surface area contributed by atoms with Crippen LogP contribution >= 0.6 is 0 Å². The molecule has 0 radical (unpaired) electrons. The number of hydrogen-bond acceptors (Lipinski definition) is 5. The van der Waals surface area contributed by atoms with Crippen LogP contribution in [0.3, 0.4) is 0 Å². The number of esters is 1. The first-order chi connectivity index (χ1) is 14.8. The zero-order chi connectivity index (χ0) is 22.8. The number of amides is 2. The summed E-state index contributed by atoms with van der Waals surface area (Å²) in [5.41, 5.74) is 1.45. The molecule has 0 heterocycles. The fraction of sp³-hybridized carbons (Fsp3) is 0.375. The van der Waals surface area contributed by atoms with Crippen molar-refractivity contribution in [3.63, 3.8) is 0 Å². The highest BCUT2D eigenvalue weighted by Crippen LogP contribution is 2.26. The van der Waals surface area contributed by atoms with E-state index in [1.54, 1.807) is 25.1 Å². The number of nitrogens with one attached hydrogen (secondary N) is 2. The Bertz CT molecular complexity index is 910. The normalized spacial score (nSPS) is 11.5. The Balaban J connectivity index is 1.73. The van der Waals surface area contributed by atoms with Gasteiger partial charge in [-0.05, 0) is 49.1 Å². The van der Waals surface area contributed by atoms with Gasteiger partial charge >= 0.3 is 5.97 Å². The van der Waals surface area contributed by atoms with Crippen molar-refractivity contribution < 1.29 is 23.9 Å². The van der Waals surface area contributed by atoms with Crippen LogP contribution in [-0.2, 0) is 9.59 Å². The molecule has 0 bridgehead atoms.